The Labute approximate surface area is 608 Å². The number of primary amides is 1. The van der Waals surface area contributed by atoms with Crippen molar-refractivity contribution >= 4 is 140 Å². The number of carbonyl (C=O) groups is 19. The summed E-state index contributed by atoms with van der Waals surface area (Å²) in [6.45, 7) is 0.589. The van der Waals surface area contributed by atoms with Crippen molar-refractivity contribution in [3.63, 3.8) is 0 Å². The summed E-state index contributed by atoms with van der Waals surface area (Å²) in [6, 6.07) is -19.7. The predicted molar refractivity (Wildman–Crippen MR) is 368 cm³/mol. The summed E-state index contributed by atoms with van der Waals surface area (Å²) in [5.74, 6) is -23.0. The van der Waals surface area contributed by atoms with Crippen LogP contribution in [-0.4, -0.2) is 278 Å². The molecular formula is C59H96N20O24S2. The Hall–Kier alpha value is -10.2. The molecule has 0 aromatic heterocycles. The highest BCUT2D eigenvalue weighted by atomic mass is 33.1. The van der Waals surface area contributed by atoms with Gasteiger partial charge in [0.1, 0.15) is 66.5 Å². The molecule has 2 aliphatic rings. The predicted octanol–water partition coefficient (Wildman–Crippen LogP) is -10.6. The van der Waals surface area contributed by atoms with Crippen LogP contribution in [0.5, 0.6) is 0 Å². The summed E-state index contributed by atoms with van der Waals surface area (Å²) < 4.78 is 0. The summed E-state index contributed by atoms with van der Waals surface area (Å²) in [4.78, 5) is 255. The normalized spacial score (nSPS) is 25.8. The van der Waals surface area contributed by atoms with Crippen LogP contribution >= 0.6 is 21.6 Å². The molecule has 0 aromatic carbocycles. The number of guanidine groups is 1. The first-order chi connectivity index (χ1) is 49.3. The van der Waals surface area contributed by atoms with Crippen LogP contribution in [0.25, 0.3) is 0 Å². The van der Waals surface area contributed by atoms with Gasteiger partial charge in [0.25, 0.3) is 0 Å². The Morgan fingerprint density at radius 2 is 0.914 bits per heavy atom. The molecule has 0 saturated carbocycles. The van der Waals surface area contributed by atoms with Crippen molar-refractivity contribution in [1.82, 2.24) is 74.0 Å². The Morgan fingerprint density at radius 3 is 1.42 bits per heavy atom. The zero-order valence-corrected chi connectivity index (χ0v) is 59.5. The van der Waals surface area contributed by atoms with E-state index in [0.29, 0.717) is 6.42 Å². The largest absolute Gasteiger partial charge is 0.481 e. The van der Waals surface area contributed by atoms with Crippen LogP contribution in [0.3, 0.4) is 0 Å². The number of carboxylic acids is 4. The minimum Gasteiger partial charge on any atom is -0.481 e. The van der Waals surface area contributed by atoms with Crippen LogP contribution in [0.1, 0.15) is 117 Å². The number of nitrogens with zero attached hydrogens (tertiary/aromatic N) is 2. The molecule has 2 heterocycles. The van der Waals surface area contributed by atoms with Crippen molar-refractivity contribution < 1.29 is 117 Å². The van der Waals surface area contributed by atoms with Crippen LogP contribution in [-0.2, 0) is 91.1 Å². The first-order valence-corrected chi connectivity index (χ1v) is 35.6. The number of aliphatic hydroxyl groups excluding tert-OH is 1. The van der Waals surface area contributed by atoms with E-state index in [-0.39, 0.29) is 75.6 Å². The summed E-state index contributed by atoms with van der Waals surface area (Å²) >= 11 is 0. The van der Waals surface area contributed by atoms with Gasteiger partial charge in [-0.25, -0.2) is 4.79 Å². The summed E-state index contributed by atoms with van der Waals surface area (Å²) in [5, 5.41) is 79.3. The van der Waals surface area contributed by atoms with Gasteiger partial charge in [-0.05, 0) is 97.9 Å². The SMILES string of the molecule is C[C@@H]1NC(=O)CNC(=O)[C@H](CCC(=O)O)NC(=O)[C@@H]2CCCN2C(=O)[C@H]([C@@H](C)O)NC(=O)[C@H](CCC(=O)O)NC(=O)[C@H](CCCN=C(N)N)NC(=O)[C@H](CCC(N)=O)NC(=O)[C@@H](N)CSSC[C@@H](C(=O)O)NC(=O)CNC(=O)CNC(=O)[C@H](CCCCN)NC(=O)[C@H](C)NC(=O)[C@H](CCC(=O)O)NC1=O. The van der Waals surface area contributed by atoms with Gasteiger partial charge in [0.15, 0.2) is 5.96 Å². The lowest BCUT2D eigenvalue weighted by atomic mass is 10.0. The Bertz CT molecular complexity index is 3170. The Morgan fingerprint density at radius 1 is 0.495 bits per heavy atom. The van der Waals surface area contributed by atoms with Gasteiger partial charge in [-0.3, -0.25) is 91.3 Å². The fraction of sp³-hybridized carbons (Fsp3) is 0.661. The van der Waals surface area contributed by atoms with Crippen LogP contribution < -0.4 is 97.8 Å². The van der Waals surface area contributed by atoms with Crippen LogP contribution in [0.15, 0.2) is 4.99 Å². The molecule has 44 nitrogen and oxygen atoms in total. The van der Waals surface area contributed by atoms with Gasteiger partial charge in [-0.1, -0.05) is 21.6 Å². The third-order valence-electron chi connectivity index (χ3n) is 15.5. The first kappa shape index (κ1) is 90.9. The Kier molecular flexibility index (Phi) is 40.8. The lowest BCUT2D eigenvalue weighted by Crippen LogP contribution is -2.61. The molecule has 0 aromatic rings. The van der Waals surface area contributed by atoms with Crippen molar-refractivity contribution in [1.29, 1.82) is 0 Å². The second-order valence-corrected chi connectivity index (χ2v) is 26.7. The minimum atomic E-state index is -1.96. The van der Waals surface area contributed by atoms with Crippen LogP contribution in [0, 0.1) is 0 Å². The number of aliphatic hydroxyl groups is 1. The number of unbranched alkanes of at least 4 members (excludes halogenated alkanes) is 1. The zero-order chi connectivity index (χ0) is 79.2. The number of carboxylic acid groups (broad SMARTS) is 4. The maximum atomic E-state index is 14.4. The number of aliphatic imine (C=N–C) groups is 1. The van der Waals surface area contributed by atoms with Crippen molar-refractivity contribution in [3.8, 4) is 0 Å². The number of hydrogen-bond donors (Lipinski definition) is 23. The minimum absolute atomic E-state index is 0.0654. The second kappa shape index (κ2) is 47.2. The molecule has 2 aliphatic heterocycles. The third kappa shape index (κ3) is 35.2. The van der Waals surface area contributed by atoms with Crippen molar-refractivity contribution in [2.45, 2.75) is 196 Å². The average molecular weight is 1530 g/mol. The molecule has 46 heteroatoms. The lowest BCUT2D eigenvalue weighted by molar-refractivity contribution is -0.145. The summed E-state index contributed by atoms with van der Waals surface area (Å²) in [6.07, 6.45) is -6.93. The van der Waals surface area contributed by atoms with Gasteiger partial charge in [0.2, 0.25) is 88.6 Å². The van der Waals surface area contributed by atoms with Gasteiger partial charge in [-0.2, -0.15) is 0 Å². The smallest absolute Gasteiger partial charge is 0.327 e. The van der Waals surface area contributed by atoms with Crippen molar-refractivity contribution in [3.05, 3.63) is 0 Å². The van der Waals surface area contributed by atoms with Crippen molar-refractivity contribution in [2.24, 2.45) is 33.7 Å². The fourth-order valence-electron chi connectivity index (χ4n) is 9.80. The number of nitrogens with one attached hydrogen (secondary N) is 13. The van der Waals surface area contributed by atoms with E-state index in [4.69, 9.17) is 28.7 Å². The van der Waals surface area contributed by atoms with Crippen molar-refractivity contribution in [2.75, 3.05) is 50.8 Å². The first-order valence-electron chi connectivity index (χ1n) is 33.1. The molecule has 0 bridgehead atoms. The number of rotatable bonds is 22. The maximum Gasteiger partial charge on any atom is 0.327 e. The summed E-state index contributed by atoms with van der Waals surface area (Å²) in [5.41, 5.74) is 28.1. The van der Waals surface area contributed by atoms with E-state index in [1.165, 1.54) is 6.92 Å². The van der Waals surface area contributed by atoms with E-state index in [0.717, 1.165) is 40.3 Å². The Balaban J connectivity index is 2.66. The van der Waals surface area contributed by atoms with Gasteiger partial charge >= 0.3 is 23.9 Å². The van der Waals surface area contributed by atoms with E-state index in [1.54, 1.807) is 0 Å². The number of nitrogens with two attached hydrogens (primary N) is 5. The standard InChI is InChI=1S/C59H96N20O24S2/c1-27-47(91)73-35(13-17-44(87)88)52(96)70-28(2)48(92)72-31(8-4-5-19-60)50(94)67-22-40(82)66-23-42(84)71-37(58(102)103)26-105-104-25-30(61)49(93)74-34(11-15-39(62)81)54(98)75-32(9-6-20-65-59(63)64)53(97)76-36(14-18-45(89)90)55(99)78-46(29(3)80)57(101)79-21-7-10-38(79)56(100)77-33(12-16-43(85)86)51(95)68-24-41(83)69-27/h27-38,46,80H,4-26,60-61H2,1-3H3,(H2,62,81)(H,66,82)(H,67,94)(H,68,95)(H,69,83)(H,70,96)(H,71,84)(H,72,92)(H,73,91)(H,74,93)(H,75,98)(H,76,97)(H,77,100)(H,78,99)(H,85,86)(H,87,88)(H,89,90)(H,102,103)(H4,63,64,65)/t27-,28-,29+,30-,31-,32-,33-,34-,35-,36-,37-,38-,46-/m0/s1. The molecule has 2 saturated heterocycles. The molecular weight excluding hydrogens is 1440 g/mol. The zero-order valence-electron chi connectivity index (χ0n) is 57.9. The highest BCUT2D eigenvalue weighted by molar-refractivity contribution is 8.76. The lowest BCUT2D eigenvalue weighted by Gasteiger charge is -2.32. The van der Waals surface area contributed by atoms with E-state index >= 15 is 0 Å². The molecule has 2 rings (SSSR count). The molecule has 0 radical (unpaired) electrons. The number of aliphatic carboxylic acids is 4. The highest BCUT2D eigenvalue weighted by Crippen LogP contribution is 2.24. The molecule has 15 amide bonds. The molecule has 13 atom stereocenters. The number of amides is 15. The number of hydrogen-bond acceptors (Lipinski definition) is 25. The number of fused-ring (bicyclic) bond motifs is 1. The quantitative estimate of drug-likeness (QED) is 0.0207. The third-order valence-corrected chi connectivity index (χ3v) is 18.0. The molecule has 0 aliphatic carbocycles. The van der Waals surface area contributed by atoms with Gasteiger partial charge < -0.3 is 128 Å². The van der Waals surface area contributed by atoms with E-state index in [1.807, 2.05) is 0 Å². The fourth-order valence-corrected chi connectivity index (χ4v) is 12.1. The van der Waals surface area contributed by atoms with Gasteiger partial charge in [0, 0.05) is 50.3 Å². The molecule has 28 N–H and O–H groups in total. The average Bonchev–Trinajstić information content (AvgIpc) is 1.74. The monoisotopic (exact) mass is 1530 g/mol. The second-order valence-electron chi connectivity index (χ2n) is 24.2. The van der Waals surface area contributed by atoms with Crippen LogP contribution in [0.4, 0.5) is 0 Å². The maximum absolute atomic E-state index is 14.4. The highest BCUT2D eigenvalue weighted by Gasteiger charge is 2.42. The molecule has 0 spiro atoms. The van der Waals surface area contributed by atoms with E-state index in [9.17, 15) is 117 Å². The van der Waals surface area contributed by atoms with Gasteiger partial charge in [0.05, 0.1) is 31.8 Å². The molecule has 0 unspecified atom stereocenters. The number of carbonyl (C=O) groups excluding carboxylic acids is 15. The van der Waals surface area contributed by atoms with E-state index < -0.39 is 262 Å². The molecule has 2 fully saturated rings. The molecule has 588 valence electrons. The van der Waals surface area contributed by atoms with Crippen LogP contribution in [0.2, 0.25) is 0 Å². The summed E-state index contributed by atoms with van der Waals surface area (Å²) in [7, 11) is 1.65. The topological polar surface area (TPSA) is 728 Å². The van der Waals surface area contributed by atoms with E-state index in [2.05, 4.69) is 74.1 Å². The van der Waals surface area contributed by atoms with Gasteiger partial charge in [-0.15, -0.1) is 0 Å². The molecule has 105 heavy (non-hydrogen) atoms.